The number of nitrogens with zero attached hydrogens (tertiary/aromatic N) is 1. The molecule has 19 heavy (non-hydrogen) atoms. The van der Waals surface area contributed by atoms with E-state index in [1.54, 1.807) is 0 Å². The quantitative estimate of drug-likeness (QED) is 0.926. The van der Waals surface area contributed by atoms with Gasteiger partial charge >= 0.3 is 0 Å². The van der Waals surface area contributed by atoms with Crippen LogP contribution in [0.4, 0.5) is 0 Å². The second kappa shape index (κ2) is 6.01. The Labute approximate surface area is 122 Å². The van der Waals surface area contributed by atoms with Gasteiger partial charge in [-0.25, -0.2) is 0 Å². The standard InChI is InChI=1S/C16H15BrN2/c1-16(12-18,14-8-5-9-15(17)10-14)19-11-13-6-3-2-4-7-13/h2-10,19H,11H2,1H3/t16-/m0/s1. The van der Waals surface area contributed by atoms with E-state index in [1.165, 1.54) is 5.56 Å². The molecule has 0 aliphatic heterocycles. The maximum Gasteiger partial charge on any atom is 0.129 e. The van der Waals surface area contributed by atoms with Gasteiger partial charge in [0, 0.05) is 11.0 Å². The summed E-state index contributed by atoms with van der Waals surface area (Å²) in [4.78, 5) is 0. The Hall–Kier alpha value is -1.63. The molecule has 2 aromatic rings. The summed E-state index contributed by atoms with van der Waals surface area (Å²) in [5.41, 5.74) is 1.43. The molecule has 0 radical (unpaired) electrons. The van der Waals surface area contributed by atoms with Crippen molar-refractivity contribution in [1.29, 1.82) is 5.26 Å². The first-order valence-corrected chi connectivity index (χ1v) is 6.89. The SMILES string of the molecule is C[C@@](C#N)(NCc1ccccc1)c1cccc(Br)c1. The van der Waals surface area contributed by atoms with Crippen LogP contribution in [-0.4, -0.2) is 0 Å². The highest BCUT2D eigenvalue weighted by Gasteiger charge is 2.25. The van der Waals surface area contributed by atoms with Crippen LogP contribution < -0.4 is 5.32 Å². The average Bonchev–Trinajstić information content (AvgIpc) is 2.46. The molecule has 2 aromatic carbocycles. The Kier molecular flexibility index (Phi) is 4.36. The molecule has 1 atom stereocenters. The van der Waals surface area contributed by atoms with E-state index in [0.717, 1.165) is 10.0 Å². The van der Waals surface area contributed by atoms with E-state index < -0.39 is 5.54 Å². The number of benzene rings is 2. The Morgan fingerprint density at radius 2 is 1.89 bits per heavy atom. The number of hydrogen-bond donors (Lipinski definition) is 1. The fourth-order valence-corrected chi connectivity index (χ4v) is 2.28. The Balaban J connectivity index is 2.17. The van der Waals surface area contributed by atoms with Crippen LogP contribution >= 0.6 is 15.9 Å². The van der Waals surface area contributed by atoms with Crippen LogP contribution in [-0.2, 0) is 12.1 Å². The number of nitrogens with one attached hydrogen (secondary N) is 1. The van der Waals surface area contributed by atoms with Crippen molar-refractivity contribution in [2.75, 3.05) is 0 Å². The topological polar surface area (TPSA) is 35.8 Å². The first-order valence-electron chi connectivity index (χ1n) is 6.10. The minimum Gasteiger partial charge on any atom is -0.292 e. The second-order valence-corrected chi connectivity index (χ2v) is 5.50. The van der Waals surface area contributed by atoms with Crippen LogP contribution in [0.5, 0.6) is 0 Å². The minimum absolute atomic E-state index is 0.664. The molecule has 0 bridgehead atoms. The molecule has 3 heteroatoms. The predicted molar refractivity (Wildman–Crippen MR) is 80.4 cm³/mol. The minimum atomic E-state index is -0.695. The summed E-state index contributed by atoms with van der Waals surface area (Å²) in [5.74, 6) is 0. The van der Waals surface area contributed by atoms with Crippen LogP contribution in [0, 0.1) is 11.3 Å². The molecule has 0 amide bonds. The van der Waals surface area contributed by atoms with Crippen molar-refractivity contribution in [2.45, 2.75) is 19.0 Å². The molecule has 2 rings (SSSR count). The maximum absolute atomic E-state index is 9.48. The average molecular weight is 315 g/mol. The third kappa shape index (κ3) is 3.44. The van der Waals surface area contributed by atoms with Crippen molar-refractivity contribution in [3.63, 3.8) is 0 Å². The van der Waals surface area contributed by atoms with Crippen LogP contribution in [0.15, 0.2) is 59.1 Å². The summed E-state index contributed by atoms with van der Waals surface area (Å²) in [5, 5.41) is 12.8. The molecule has 0 saturated carbocycles. The number of nitriles is 1. The number of rotatable bonds is 4. The van der Waals surface area contributed by atoms with Gasteiger partial charge in [0.2, 0.25) is 0 Å². The van der Waals surface area contributed by atoms with Crippen molar-refractivity contribution in [3.8, 4) is 6.07 Å². The van der Waals surface area contributed by atoms with Crippen molar-refractivity contribution in [1.82, 2.24) is 5.32 Å². The third-order valence-corrected chi connectivity index (χ3v) is 3.61. The molecular weight excluding hydrogens is 300 g/mol. The molecule has 0 aliphatic carbocycles. The summed E-state index contributed by atoms with van der Waals surface area (Å²) in [6.07, 6.45) is 0. The first-order chi connectivity index (χ1) is 9.14. The lowest BCUT2D eigenvalue weighted by atomic mass is 9.93. The van der Waals surface area contributed by atoms with Crippen molar-refractivity contribution >= 4 is 15.9 Å². The van der Waals surface area contributed by atoms with Crippen molar-refractivity contribution in [3.05, 3.63) is 70.2 Å². The molecule has 0 heterocycles. The van der Waals surface area contributed by atoms with Gasteiger partial charge in [0.05, 0.1) is 6.07 Å². The van der Waals surface area contributed by atoms with E-state index in [2.05, 4.69) is 27.3 Å². The predicted octanol–water partition coefficient (Wildman–Crippen LogP) is 3.98. The molecule has 0 aliphatic rings. The largest absolute Gasteiger partial charge is 0.292 e. The molecule has 1 N–H and O–H groups in total. The van der Waals surface area contributed by atoms with Gasteiger partial charge in [0.15, 0.2) is 0 Å². The Bertz CT molecular complexity index is 589. The van der Waals surface area contributed by atoms with E-state index in [4.69, 9.17) is 0 Å². The van der Waals surface area contributed by atoms with Crippen molar-refractivity contribution in [2.24, 2.45) is 0 Å². The van der Waals surface area contributed by atoms with Crippen LogP contribution in [0.1, 0.15) is 18.1 Å². The second-order valence-electron chi connectivity index (χ2n) is 4.59. The van der Waals surface area contributed by atoms with Crippen molar-refractivity contribution < 1.29 is 0 Å². The normalized spacial score (nSPS) is 13.5. The van der Waals surface area contributed by atoms with Gasteiger partial charge in [-0.2, -0.15) is 5.26 Å². The number of halogens is 1. The lowest BCUT2D eigenvalue weighted by Crippen LogP contribution is -2.37. The highest BCUT2D eigenvalue weighted by molar-refractivity contribution is 9.10. The van der Waals surface area contributed by atoms with E-state index in [1.807, 2.05) is 61.5 Å². The highest BCUT2D eigenvalue weighted by Crippen LogP contribution is 2.23. The van der Waals surface area contributed by atoms with Crippen LogP contribution in [0.2, 0.25) is 0 Å². The molecular formula is C16H15BrN2. The lowest BCUT2D eigenvalue weighted by molar-refractivity contribution is 0.464. The van der Waals surface area contributed by atoms with Gasteiger partial charge in [-0.3, -0.25) is 5.32 Å². The number of hydrogen-bond acceptors (Lipinski definition) is 2. The molecule has 96 valence electrons. The van der Waals surface area contributed by atoms with Gasteiger partial charge in [-0.1, -0.05) is 58.4 Å². The summed E-state index contributed by atoms with van der Waals surface area (Å²) >= 11 is 3.44. The lowest BCUT2D eigenvalue weighted by Gasteiger charge is -2.24. The monoisotopic (exact) mass is 314 g/mol. The summed E-state index contributed by atoms with van der Waals surface area (Å²) in [7, 11) is 0. The van der Waals surface area contributed by atoms with E-state index in [-0.39, 0.29) is 0 Å². The molecule has 0 fully saturated rings. The molecule has 0 aromatic heterocycles. The fourth-order valence-electron chi connectivity index (χ4n) is 1.88. The van der Waals surface area contributed by atoms with E-state index in [0.29, 0.717) is 6.54 Å². The zero-order chi connectivity index (χ0) is 13.7. The smallest absolute Gasteiger partial charge is 0.129 e. The first kappa shape index (κ1) is 13.8. The van der Waals surface area contributed by atoms with Gasteiger partial charge in [-0.15, -0.1) is 0 Å². The third-order valence-electron chi connectivity index (χ3n) is 3.11. The molecule has 0 spiro atoms. The van der Waals surface area contributed by atoms with Gasteiger partial charge in [0.25, 0.3) is 0 Å². The van der Waals surface area contributed by atoms with Gasteiger partial charge in [-0.05, 0) is 30.2 Å². The summed E-state index contributed by atoms with van der Waals surface area (Å²) in [6.45, 7) is 2.56. The van der Waals surface area contributed by atoms with E-state index >= 15 is 0 Å². The molecule has 2 nitrogen and oxygen atoms in total. The van der Waals surface area contributed by atoms with E-state index in [9.17, 15) is 5.26 Å². The maximum atomic E-state index is 9.48. The Morgan fingerprint density at radius 1 is 1.16 bits per heavy atom. The van der Waals surface area contributed by atoms with Crippen LogP contribution in [0.3, 0.4) is 0 Å². The zero-order valence-electron chi connectivity index (χ0n) is 10.7. The fraction of sp³-hybridized carbons (Fsp3) is 0.188. The molecule has 0 unspecified atom stereocenters. The Morgan fingerprint density at radius 3 is 2.53 bits per heavy atom. The summed E-state index contributed by atoms with van der Waals surface area (Å²) < 4.78 is 0.980. The highest BCUT2D eigenvalue weighted by atomic mass is 79.9. The van der Waals surface area contributed by atoms with Gasteiger partial charge in [0.1, 0.15) is 5.54 Å². The zero-order valence-corrected chi connectivity index (χ0v) is 12.3. The summed E-state index contributed by atoms with van der Waals surface area (Å²) in [6, 6.07) is 20.3. The van der Waals surface area contributed by atoms with Gasteiger partial charge < -0.3 is 0 Å². The van der Waals surface area contributed by atoms with Crippen LogP contribution in [0.25, 0.3) is 0 Å². The molecule has 0 saturated heterocycles.